The molecule has 4 saturated heterocycles. The number of primary amides is 2. The van der Waals surface area contributed by atoms with E-state index in [1.165, 1.54) is 66.4 Å². The van der Waals surface area contributed by atoms with Crippen LogP contribution in [-0.2, 0) is 112 Å². The summed E-state index contributed by atoms with van der Waals surface area (Å²) in [5.74, 6) is -18.3. The van der Waals surface area contributed by atoms with Crippen molar-refractivity contribution in [2.75, 3.05) is 64.9 Å². The van der Waals surface area contributed by atoms with Gasteiger partial charge in [-0.15, -0.1) is 11.8 Å². The van der Waals surface area contributed by atoms with Crippen LogP contribution in [0.5, 0.6) is 5.75 Å². The molecule has 0 aliphatic carbocycles. The van der Waals surface area contributed by atoms with Gasteiger partial charge in [-0.2, -0.15) is 0 Å². The van der Waals surface area contributed by atoms with Gasteiger partial charge in [-0.25, -0.2) is 0 Å². The number of aliphatic carboxylic acids is 1. The summed E-state index contributed by atoms with van der Waals surface area (Å²) < 4.78 is 1.37. The summed E-state index contributed by atoms with van der Waals surface area (Å²) in [4.78, 5) is 279. The minimum absolute atomic E-state index is 0.0206. The zero-order valence-corrected chi connectivity index (χ0v) is 76.1. The second-order valence-electron chi connectivity index (χ2n) is 35.1. The van der Waals surface area contributed by atoms with Gasteiger partial charge in [-0.05, 0) is 149 Å². The number of aromatic nitrogens is 4. The van der Waals surface area contributed by atoms with Crippen LogP contribution in [0.15, 0.2) is 85.5 Å². The van der Waals surface area contributed by atoms with Gasteiger partial charge in [0.2, 0.25) is 100 Å². The van der Waals surface area contributed by atoms with Crippen LogP contribution in [-0.4, -0.2) is 315 Å². The first-order chi connectivity index (χ1) is 63.4. The molecule has 1 aromatic carbocycles. The van der Waals surface area contributed by atoms with Crippen molar-refractivity contribution in [3.63, 3.8) is 0 Å². The Balaban J connectivity index is 1.01. The molecule has 3 unspecified atom stereocenters. The number of H-pyrrole nitrogens is 1. The van der Waals surface area contributed by atoms with Gasteiger partial charge in [-0.1, -0.05) is 58.4 Å². The average molecular weight is 1870 g/mol. The maximum Gasteiger partial charge on any atom is 0.323 e. The number of carboxylic acid groups (broad SMARTS) is 1. The summed E-state index contributed by atoms with van der Waals surface area (Å²) in [6.07, 6.45) is 7.65. The fraction of sp³-hybridized carbons (Fsp3) is 0.551. The number of allylic oxidation sites excluding steroid dienone is 2. The number of amides is 17. The predicted octanol–water partition coefficient (Wildman–Crippen LogP) is -3.10. The first-order valence-corrected chi connectivity index (χ1v) is 46.0. The van der Waals surface area contributed by atoms with Crippen LogP contribution in [0, 0.1) is 11.8 Å². The second kappa shape index (κ2) is 47.8. The van der Waals surface area contributed by atoms with Crippen LogP contribution in [0.1, 0.15) is 141 Å². The average Bonchev–Trinajstić information content (AvgIpc) is 1.63. The molecule has 5 aliphatic heterocycles. The summed E-state index contributed by atoms with van der Waals surface area (Å²) >= 11 is 0.824. The third kappa shape index (κ3) is 27.8. The largest absolute Gasteiger partial charge is 0.508 e. The fourth-order valence-electron chi connectivity index (χ4n) is 17.4. The van der Waals surface area contributed by atoms with E-state index in [-0.39, 0.29) is 138 Å². The summed E-state index contributed by atoms with van der Waals surface area (Å²) in [5.41, 5.74) is 19.9. The molecular weight excluding hydrogens is 1750 g/mol. The molecule has 9 heterocycles. The quantitative estimate of drug-likeness (QED) is 0.0364. The van der Waals surface area contributed by atoms with Crippen LogP contribution >= 0.6 is 11.8 Å². The van der Waals surface area contributed by atoms with E-state index in [9.17, 15) is 58.5 Å². The molecule has 720 valence electrons. The molecule has 2 bridgehead atoms. The third-order valence-electron chi connectivity index (χ3n) is 24.1. The van der Waals surface area contributed by atoms with Gasteiger partial charge in [0.05, 0.1) is 53.4 Å². The Morgan fingerprint density at radius 3 is 1.79 bits per heavy atom. The number of rotatable bonds is 19. The zero-order chi connectivity index (χ0) is 96.6. The number of carbonyl (C=O) groups excluding carboxylic acids is 17. The molecule has 0 saturated carbocycles. The number of aliphatic hydroxyl groups excluding tert-OH is 1. The van der Waals surface area contributed by atoms with Crippen molar-refractivity contribution in [1.29, 1.82) is 0 Å². The van der Waals surface area contributed by atoms with Crippen molar-refractivity contribution in [2.45, 2.75) is 234 Å². The Labute approximate surface area is 771 Å². The number of thioether (sulfide) groups is 1. The summed E-state index contributed by atoms with van der Waals surface area (Å²) in [7, 11) is 2.60. The van der Waals surface area contributed by atoms with E-state index < -0.39 is 236 Å². The highest BCUT2D eigenvalue weighted by molar-refractivity contribution is 8.00. The molecule has 14 atom stereocenters. The molecule has 10 rings (SSSR count). The van der Waals surface area contributed by atoms with Gasteiger partial charge in [0.25, 0.3) is 0 Å². The molecule has 5 aliphatic rings. The summed E-state index contributed by atoms with van der Waals surface area (Å²) in [6, 6.07) is -7.33. The Morgan fingerprint density at radius 1 is 0.556 bits per heavy atom. The number of likely N-dealkylation sites (N-methyl/N-ethyl adjacent to an activating group) is 2. The van der Waals surface area contributed by atoms with Crippen LogP contribution in [0.25, 0.3) is 22.1 Å². The first-order valence-electron chi connectivity index (χ1n) is 44.8. The minimum atomic E-state index is -1.71. The molecule has 0 spiro atoms. The SMILES string of the molecule is CC(C)C[C@@H]1NC(=O)C2CC/C=C/CCCCC(NC(=O)[C@H](Cc3cn(CC(=O)O)c4cccnc34)NC(=O)[C@H](CCN)NC(=O)[C@H](Cc3c[nH]c4cccnc34)NC(=O)[C@@H]3C[C@@H](O)CN3C(=O)[C@H](CC(C)C)NC(=O)CNC(=O)[C@H]3CCCN3C(=O)[C@@H](CC(N)=O)NC(=O)[C@@H]3CCCN3C(=O)[C@H](Cc3ccc(O)cc3)NC(=O)CSCC(C(=O)NCC(N)=O)N(C)C1=O)C(=O)N2C. The maximum atomic E-state index is 15.6. The topological polar surface area (TPSA) is 629 Å². The number of phenolic OH excluding ortho intramolecular Hbond substituents is 1. The maximum absolute atomic E-state index is 15.6. The van der Waals surface area contributed by atoms with Crippen molar-refractivity contribution in [3.8, 4) is 5.75 Å². The van der Waals surface area contributed by atoms with E-state index in [2.05, 4.69) is 68.1 Å². The number of nitrogens with two attached hydrogens (primary N) is 3. The number of pyridine rings is 2. The van der Waals surface area contributed by atoms with Crippen LogP contribution in [0.2, 0.25) is 0 Å². The number of aliphatic hydroxyl groups is 1. The number of phenols is 1. The molecule has 4 aromatic heterocycles. The van der Waals surface area contributed by atoms with E-state index in [0.29, 0.717) is 46.9 Å². The lowest BCUT2D eigenvalue weighted by molar-refractivity contribution is -0.145. The summed E-state index contributed by atoms with van der Waals surface area (Å²) in [6.45, 7) is 4.12. The third-order valence-corrected chi connectivity index (χ3v) is 25.1. The van der Waals surface area contributed by atoms with Crippen molar-refractivity contribution < 1.29 is 102 Å². The lowest BCUT2D eigenvalue weighted by Crippen LogP contribution is -2.61. The zero-order valence-electron chi connectivity index (χ0n) is 75.3. The van der Waals surface area contributed by atoms with Crippen molar-refractivity contribution in [2.24, 2.45) is 29.0 Å². The van der Waals surface area contributed by atoms with Gasteiger partial charge in [0, 0.05) is 90.0 Å². The number of hydrogen-bond acceptors (Lipinski definition) is 24. The van der Waals surface area contributed by atoms with E-state index in [1.54, 1.807) is 58.2 Å². The normalized spacial score (nSPS) is 25.9. The standard InChI is InChI=1S/C89H122N22O21S/c1-48(2)33-60-86(129)107(6)69(81(124)96-41-71(92)115)46-133-47-73(117)99-62(35-50-23-25-53(112)26-24-50)87(130)110-32-16-22-67(110)83(126)105-63(39-70(91)114)88(131)109-31-15-21-66(109)80(123)97-42-72(116)98-61(34-49(3)4)89(132)111-44-54(113)38-68(111)84(127)103-58(36-51-40-95-55-18-13-29-93-75(51)55)78(121)100-56(27-28-90)77(120)102-59(37-52-43-108(45-74(118)119)64-20-14-30-94-76(52)64)79(122)101-57-17-11-9-7-8-10-12-19-65(82(125)104-60)106(5)85(57)128/h8,10,13-14,18,20,23-26,29-30,40,43,48-49,54,56-63,65-69,95,112-113H,7,9,11-12,15-17,19,21-22,27-28,31-39,41-42,44-47,90H2,1-6H3,(H2,91,114)(H2,92,115)(H,96,124)(H,97,123)(H,98,116)(H,99,117)(H,100,121)(H,101,122)(H,102,120)(H,103,127)(H,104,125)(H,105,126)(H,118,119)/b10-8+/t54-,56+,57?,58+,59+,60+,61+,62+,63-,65?,66-,67+,68+,69?/m1/s1. The Kier molecular flexibility index (Phi) is 36.7. The number of fused-ring (bicyclic) bond motifs is 8. The Bertz CT molecular complexity index is 5140. The smallest absolute Gasteiger partial charge is 0.323 e. The van der Waals surface area contributed by atoms with Crippen molar-refractivity contribution >= 4 is 140 Å². The molecule has 43 nitrogen and oxygen atoms in total. The van der Waals surface area contributed by atoms with E-state index >= 15 is 43.2 Å². The number of carbonyl (C=O) groups is 18. The predicted molar refractivity (Wildman–Crippen MR) is 483 cm³/mol. The van der Waals surface area contributed by atoms with Crippen LogP contribution < -0.4 is 70.4 Å². The molecule has 0 radical (unpaired) electrons. The van der Waals surface area contributed by atoms with Gasteiger partial charge in [-0.3, -0.25) is 96.3 Å². The number of nitrogens with one attached hydrogen (secondary N) is 11. The number of carboxylic acids is 1. The lowest BCUT2D eigenvalue weighted by Gasteiger charge is -2.34. The number of hydrogen-bond donors (Lipinski definition) is 17. The molecule has 5 aromatic rings. The van der Waals surface area contributed by atoms with Crippen LogP contribution in [0.3, 0.4) is 0 Å². The monoisotopic (exact) mass is 1870 g/mol. The first kappa shape index (κ1) is 102. The van der Waals surface area contributed by atoms with Gasteiger partial charge >= 0.3 is 5.97 Å². The Morgan fingerprint density at radius 2 is 1.13 bits per heavy atom. The molecule has 4 fully saturated rings. The highest BCUT2D eigenvalue weighted by atomic mass is 32.2. The van der Waals surface area contributed by atoms with Gasteiger partial charge in [0.15, 0.2) is 0 Å². The number of benzene rings is 1. The van der Waals surface area contributed by atoms with Crippen LogP contribution in [0.4, 0.5) is 0 Å². The van der Waals surface area contributed by atoms with E-state index in [1.807, 2.05) is 12.2 Å². The van der Waals surface area contributed by atoms with Crippen molar-refractivity contribution in [1.82, 2.24) is 97.2 Å². The summed E-state index contributed by atoms with van der Waals surface area (Å²) in [5, 5.41) is 58.4. The molecule has 17 amide bonds. The lowest BCUT2D eigenvalue weighted by atomic mass is 9.99. The highest BCUT2D eigenvalue weighted by Gasteiger charge is 2.47. The second-order valence-corrected chi connectivity index (χ2v) is 36.1. The Hall–Kier alpha value is -13.1. The fourth-order valence-corrected chi connectivity index (χ4v) is 18.4. The number of aromatic amines is 1. The van der Waals surface area contributed by atoms with E-state index in [4.69, 9.17) is 17.2 Å². The van der Waals surface area contributed by atoms with Crippen molar-refractivity contribution in [3.05, 3.63) is 102 Å². The number of nitrogens with zero attached hydrogens (tertiary/aromatic N) is 8. The van der Waals surface area contributed by atoms with E-state index in [0.717, 1.165) is 31.4 Å². The molecule has 20 N–H and O–H groups in total. The molecule has 44 heteroatoms. The highest BCUT2D eigenvalue weighted by Crippen LogP contribution is 2.29. The van der Waals surface area contributed by atoms with Gasteiger partial charge in [0.1, 0.15) is 90.8 Å². The molecule has 133 heavy (non-hydrogen) atoms. The van der Waals surface area contributed by atoms with Gasteiger partial charge < -0.3 is 120 Å². The minimum Gasteiger partial charge on any atom is -0.508 e. The number of aromatic hydroxyl groups is 1. The molecular formula is C89H122N22O21S.